The maximum absolute atomic E-state index is 5.33. The van der Waals surface area contributed by atoms with Crippen LogP contribution in [0, 0.1) is 6.92 Å². The third-order valence-corrected chi connectivity index (χ3v) is 4.89. The van der Waals surface area contributed by atoms with E-state index in [4.69, 9.17) is 9.72 Å². The molecule has 1 aromatic carbocycles. The molecule has 3 aromatic heterocycles. The molecular weight excluding hydrogens is 330 g/mol. The number of rotatable bonds is 4. The van der Waals surface area contributed by atoms with Gasteiger partial charge in [-0.25, -0.2) is 9.97 Å². The minimum absolute atomic E-state index is 0.794. The predicted molar refractivity (Wildman–Crippen MR) is 103 cm³/mol. The lowest BCUT2D eigenvalue weighted by Crippen LogP contribution is -1.99. The molecule has 0 aliphatic rings. The fourth-order valence-corrected chi connectivity index (χ4v) is 3.52. The van der Waals surface area contributed by atoms with Gasteiger partial charge in [0, 0.05) is 22.0 Å². The molecule has 3 heterocycles. The summed E-state index contributed by atoms with van der Waals surface area (Å²) in [7, 11) is 1.66. The van der Waals surface area contributed by atoms with Gasteiger partial charge in [-0.05, 0) is 55.5 Å². The maximum atomic E-state index is 5.33. The highest BCUT2D eigenvalue weighted by molar-refractivity contribution is 7.12. The van der Waals surface area contributed by atoms with Crippen LogP contribution in [0.1, 0.15) is 15.6 Å². The summed E-state index contributed by atoms with van der Waals surface area (Å²) in [6, 6.07) is 16.0. The zero-order valence-corrected chi connectivity index (χ0v) is 14.8. The molecule has 0 bridgehead atoms. The first-order valence-corrected chi connectivity index (χ1v) is 8.79. The molecule has 4 rings (SSSR count). The average molecular weight is 347 g/mol. The molecule has 0 atom stereocenters. The zero-order chi connectivity index (χ0) is 17.2. The molecule has 0 spiro atoms. The number of hydrogen-bond acceptors (Lipinski definition) is 4. The molecule has 0 saturated carbocycles. The Bertz CT molecular complexity index is 1050. The molecule has 4 nitrogen and oxygen atoms in total. The first kappa shape index (κ1) is 15.6. The molecule has 124 valence electrons. The van der Waals surface area contributed by atoms with Crippen LogP contribution in [0.25, 0.3) is 29.0 Å². The number of methoxy groups -OCH3 is 1. The van der Waals surface area contributed by atoms with Crippen LogP contribution in [0.3, 0.4) is 0 Å². The Hall–Kier alpha value is -2.92. The van der Waals surface area contributed by atoms with Gasteiger partial charge in [-0.2, -0.15) is 0 Å². The number of aryl methyl sites for hydroxylation is 1. The Morgan fingerprint density at radius 2 is 2.00 bits per heavy atom. The normalized spacial score (nSPS) is 11.4. The number of benzene rings is 1. The van der Waals surface area contributed by atoms with Crippen molar-refractivity contribution in [3.8, 4) is 11.6 Å². The highest BCUT2D eigenvalue weighted by atomic mass is 32.1. The Balaban J connectivity index is 1.88. The summed E-state index contributed by atoms with van der Waals surface area (Å²) in [5.74, 6) is 2.48. The van der Waals surface area contributed by atoms with Gasteiger partial charge in [-0.3, -0.25) is 4.57 Å². The van der Waals surface area contributed by atoms with Crippen molar-refractivity contribution >= 4 is 34.5 Å². The second-order valence-electron chi connectivity index (χ2n) is 5.63. The summed E-state index contributed by atoms with van der Waals surface area (Å²) in [6.07, 6.45) is 5.92. The molecule has 5 heteroatoms. The van der Waals surface area contributed by atoms with Crippen molar-refractivity contribution in [3.63, 3.8) is 0 Å². The predicted octanol–water partition coefficient (Wildman–Crippen LogP) is 4.97. The van der Waals surface area contributed by atoms with Crippen LogP contribution < -0.4 is 4.74 Å². The van der Waals surface area contributed by atoms with Gasteiger partial charge < -0.3 is 4.74 Å². The van der Waals surface area contributed by atoms with E-state index in [0.29, 0.717) is 0 Å². The molecule has 0 amide bonds. The lowest BCUT2D eigenvalue weighted by molar-refractivity contribution is 0.415. The van der Waals surface area contributed by atoms with Crippen LogP contribution in [0.15, 0.2) is 54.7 Å². The third kappa shape index (κ3) is 3.06. The SMILES string of the molecule is COc1ccc2c(c1)nc(/C=C/c1ccc(C)s1)n2-c1ccccn1. The molecule has 0 saturated heterocycles. The van der Waals surface area contributed by atoms with E-state index >= 15 is 0 Å². The third-order valence-electron chi connectivity index (χ3n) is 3.92. The summed E-state index contributed by atoms with van der Waals surface area (Å²) >= 11 is 1.76. The summed E-state index contributed by atoms with van der Waals surface area (Å²) in [5.41, 5.74) is 1.88. The van der Waals surface area contributed by atoms with E-state index in [-0.39, 0.29) is 0 Å². The van der Waals surface area contributed by atoms with E-state index in [2.05, 4.69) is 34.7 Å². The van der Waals surface area contributed by atoms with E-state index in [0.717, 1.165) is 28.4 Å². The van der Waals surface area contributed by atoms with Gasteiger partial charge in [0.25, 0.3) is 0 Å². The summed E-state index contributed by atoms with van der Waals surface area (Å²) in [4.78, 5) is 11.8. The van der Waals surface area contributed by atoms with Gasteiger partial charge >= 0.3 is 0 Å². The first-order chi connectivity index (χ1) is 12.2. The van der Waals surface area contributed by atoms with E-state index in [1.807, 2.05) is 42.5 Å². The summed E-state index contributed by atoms with van der Waals surface area (Å²) < 4.78 is 7.39. The van der Waals surface area contributed by atoms with Gasteiger partial charge in [0.2, 0.25) is 0 Å². The number of aromatic nitrogens is 3. The van der Waals surface area contributed by atoms with Crippen LogP contribution >= 0.6 is 11.3 Å². The van der Waals surface area contributed by atoms with Crippen LogP contribution in [-0.2, 0) is 0 Å². The molecule has 0 fully saturated rings. The van der Waals surface area contributed by atoms with E-state index < -0.39 is 0 Å². The molecule has 25 heavy (non-hydrogen) atoms. The fraction of sp³-hybridized carbons (Fsp3) is 0.100. The van der Waals surface area contributed by atoms with E-state index in [1.165, 1.54) is 9.75 Å². The smallest absolute Gasteiger partial charge is 0.139 e. The van der Waals surface area contributed by atoms with Crippen molar-refractivity contribution in [2.45, 2.75) is 6.92 Å². The Morgan fingerprint density at radius 3 is 2.72 bits per heavy atom. The van der Waals surface area contributed by atoms with Crippen molar-refractivity contribution in [1.82, 2.24) is 14.5 Å². The minimum Gasteiger partial charge on any atom is -0.497 e. The number of ether oxygens (including phenoxy) is 1. The number of nitrogens with zero attached hydrogens (tertiary/aromatic N) is 3. The highest BCUT2D eigenvalue weighted by Gasteiger charge is 2.12. The second-order valence-corrected chi connectivity index (χ2v) is 6.95. The van der Waals surface area contributed by atoms with Gasteiger partial charge in [0.15, 0.2) is 0 Å². The van der Waals surface area contributed by atoms with Crippen molar-refractivity contribution in [2.24, 2.45) is 0 Å². The number of fused-ring (bicyclic) bond motifs is 1. The second kappa shape index (κ2) is 6.53. The molecule has 0 radical (unpaired) electrons. The number of pyridine rings is 1. The number of imidazole rings is 1. The first-order valence-electron chi connectivity index (χ1n) is 7.97. The molecule has 0 unspecified atom stereocenters. The topological polar surface area (TPSA) is 39.9 Å². The van der Waals surface area contributed by atoms with Crippen LogP contribution in [0.2, 0.25) is 0 Å². The zero-order valence-electron chi connectivity index (χ0n) is 14.0. The van der Waals surface area contributed by atoms with Crippen molar-refractivity contribution < 1.29 is 4.74 Å². The van der Waals surface area contributed by atoms with Crippen molar-refractivity contribution in [2.75, 3.05) is 7.11 Å². The van der Waals surface area contributed by atoms with Crippen molar-refractivity contribution in [1.29, 1.82) is 0 Å². The maximum Gasteiger partial charge on any atom is 0.139 e. The molecule has 0 N–H and O–H groups in total. The van der Waals surface area contributed by atoms with Crippen molar-refractivity contribution in [3.05, 3.63) is 70.3 Å². The monoisotopic (exact) mass is 347 g/mol. The molecule has 4 aromatic rings. The van der Waals surface area contributed by atoms with Crippen LogP contribution in [0.4, 0.5) is 0 Å². The van der Waals surface area contributed by atoms with Gasteiger partial charge in [-0.15, -0.1) is 11.3 Å². The lowest BCUT2D eigenvalue weighted by Gasteiger charge is -2.06. The Kier molecular flexibility index (Phi) is 4.07. The highest BCUT2D eigenvalue weighted by Crippen LogP contribution is 2.26. The van der Waals surface area contributed by atoms with Crippen LogP contribution in [-0.4, -0.2) is 21.6 Å². The van der Waals surface area contributed by atoms with Crippen LogP contribution in [0.5, 0.6) is 5.75 Å². The van der Waals surface area contributed by atoms with E-state index in [9.17, 15) is 0 Å². The fourth-order valence-electron chi connectivity index (χ4n) is 2.74. The van der Waals surface area contributed by atoms with Gasteiger partial charge in [0.1, 0.15) is 17.4 Å². The largest absolute Gasteiger partial charge is 0.497 e. The standard InChI is InChI=1S/C20H17N3OS/c1-14-6-8-16(25-14)9-11-20-22-17-13-15(24-2)7-10-18(17)23(20)19-5-3-4-12-21-19/h3-13H,1-2H3/b11-9+. The summed E-state index contributed by atoms with van der Waals surface area (Å²) in [6.45, 7) is 2.11. The number of thiophene rings is 1. The molecular formula is C20H17N3OS. The quantitative estimate of drug-likeness (QED) is 0.523. The van der Waals surface area contributed by atoms with E-state index in [1.54, 1.807) is 24.6 Å². The Morgan fingerprint density at radius 1 is 1.08 bits per heavy atom. The van der Waals surface area contributed by atoms with Gasteiger partial charge in [0.05, 0.1) is 18.1 Å². The Labute approximate surface area is 150 Å². The average Bonchev–Trinajstić information content (AvgIpc) is 3.22. The van der Waals surface area contributed by atoms with Gasteiger partial charge in [-0.1, -0.05) is 6.07 Å². The lowest BCUT2D eigenvalue weighted by atomic mass is 10.3. The molecule has 0 aliphatic carbocycles. The molecule has 0 aliphatic heterocycles. The minimum atomic E-state index is 0.794. The number of hydrogen-bond donors (Lipinski definition) is 0. The summed E-state index contributed by atoms with van der Waals surface area (Å²) in [5, 5.41) is 0.